The largest absolute Gasteiger partial charge is 0.451 e. The summed E-state index contributed by atoms with van der Waals surface area (Å²) in [5, 5.41) is 17.1. The third kappa shape index (κ3) is 5.48. The molecule has 148 valence electrons. The van der Waals surface area contributed by atoms with Crippen molar-refractivity contribution in [2.75, 3.05) is 25.0 Å². The van der Waals surface area contributed by atoms with Crippen molar-refractivity contribution in [3.8, 4) is 0 Å². The molecule has 9 nitrogen and oxygen atoms in total. The molecule has 2 N–H and O–H groups in total. The Labute approximate surface area is 165 Å². The first-order valence-electron chi connectivity index (χ1n) is 8.81. The van der Waals surface area contributed by atoms with Crippen LogP contribution in [0.5, 0.6) is 0 Å². The number of nitrogens with zero attached hydrogens (tertiary/aromatic N) is 2. The fraction of sp³-hybridized carbons (Fsp3) is 0.150. The van der Waals surface area contributed by atoms with Crippen molar-refractivity contribution >= 4 is 34.2 Å². The lowest BCUT2D eigenvalue weighted by molar-refractivity contribution is -0.384. The van der Waals surface area contributed by atoms with Crippen LogP contribution in [0.3, 0.4) is 0 Å². The van der Waals surface area contributed by atoms with Gasteiger partial charge < -0.3 is 15.4 Å². The lowest BCUT2D eigenvalue weighted by Crippen LogP contribution is -2.32. The smallest absolute Gasteiger partial charge is 0.357 e. The van der Waals surface area contributed by atoms with Gasteiger partial charge in [0.1, 0.15) is 5.69 Å². The van der Waals surface area contributed by atoms with Gasteiger partial charge in [-0.2, -0.15) is 0 Å². The maximum absolute atomic E-state index is 12.1. The zero-order chi connectivity index (χ0) is 20.6. The summed E-state index contributed by atoms with van der Waals surface area (Å²) < 4.78 is 4.99. The summed E-state index contributed by atoms with van der Waals surface area (Å²) >= 11 is 0. The third-order valence-corrected chi connectivity index (χ3v) is 4.00. The van der Waals surface area contributed by atoms with E-state index >= 15 is 0 Å². The molecule has 0 saturated carbocycles. The zero-order valence-corrected chi connectivity index (χ0v) is 15.3. The Bertz CT molecular complexity index is 1040. The minimum absolute atomic E-state index is 0.00609. The molecule has 0 bridgehead atoms. The van der Waals surface area contributed by atoms with Gasteiger partial charge in [-0.05, 0) is 24.3 Å². The van der Waals surface area contributed by atoms with Gasteiger partial charge in [0.05, 0.1) is 10.4 Å². The van der Waals surface area contributed by atoms with Gasteiger partial charge in [-0.25, -0.2) is 9.78 Å². The molecule has 0 aliphatic carbocycles. The molecular weight excluding hydrogens is 376 g/mol. The van der Waals surface area contributed by atoms with Crippen LogP contribution in [-0.2, 0) is 9.53 Å². The molecule has 9 heteroatoms. The van der Waals surface area contributed by atoms with Crippen LogP contribution in [-0.4, -0.2) is 41.5 Å². The summed E-state index contributed by atoms with van der Waals surface area (Å²) in [7, 11) is 0. The van der Waals surface area contributed by atoms with E-state index in [4.69, 9.17) is 4.74 Å². The van der Waals surface area contributed by atoms with Gasteiger partial charge in [-0.15, -0.1) is 0 Å². The van der Waals surface area contributed by atoms with E-state index in [0.29, 0.717) is 24.3 Å². The van der Waals surface area contributed by atoms with Gasteiger partial charge in [0.2, 0.25) is 0 Å². The second-order valence-corrected chi connectivity index (χ2v) is 6.05. The van der Waals surface area contributed by atoms with Gasteiger partial charge >= 0.3 is 5.97 Å². The quantitative estimate of drug-likeness (QED) is 0.260. The van der Waals surface area contributed by atoms with Gasteiger partial charge in [-0.1, -0.05) is 24.3 Å². The summed E-state index contributed by atoms with van der Waals surface area (Å²) in [4.78, 5) is 38.2. The predicted molar refractivity (Wildman–Crippen MR) is 107 cm³/mol. The monoisotopic (exact) mass is 394 g/mol. The van der Waals surface area contributed by atoms with Crippen molar-refractivity contribution in [3.63, 3.8) is 0 Å². The number of carbonyl (C=O) groups is 2. The molecule has 1 aromatic heterocycles. The van der Waals surface area contributed by atoms with Crippen LogP contribution in [0.4, 0.5) is 11.4 Å². The molecule has 0 radical (unpaired) electrons. The number of amides is 1. The second kappa shape index (κ2) is 9.27. The second-order valence-electron chi connectivity index (χ2n) is 6.05. The first-order valence-corrected chi connectivity index (χ1v) is 8.81. The maximum atomic E-state index is 12.1. The van der Waals surface area contributed by atoms with Gasteiger partial charge in [0.25, 0.3) is 11.6 Å². The van der Waals surface area contributed by atoms with Crippen molar-refractivity contribution in [2.45, 2.75) is 0 Å². The lowest BCUT2D eigenvalue weighted by Gasteiger charge is -2.08. The van der Waals surface area contributed by atoms with E-state index in [2.05, 4.69) is 15.6 Å². The molecule has 0 unspecified atom stereocenters. The molecule has 0 saturated heterocycles. The number of pyridine rings is 1. The highest BCUT2D eigenvalue weighted by atomic mass is 16.6. The van der Waals surface area contributed by atoms with Crippen LogP contribution >= 0.6 is 0 Å². The minimum Gasteiger partial charge on any atom is -0.451 e. The van der Waals surface area contributed by atoms with Crippen molar-refractivity contribution in [3.05, 3.63) is 76.5 Å². The number of benzene rings is 2. The molecule has 1 amide bonds. The Morgan fingerprint density at radius 3 is 2.52 bits per heavy atom. The summed E-state index contributed by atoms with van der Waals surface area (Å²) in [5.74, 6) is -1.11. The zero-order valence-electron chi connectivity index (χ0n) is 15.3. The number of para-hydroxylation sites is 1. The number of nitro groups is 1. The van der Waals surface area contributed by atoms with Crippen LogP contribution in [0, 0.1) is 10.1 Å². The van der Waals surface area contributed by atoms with Crippen LogP contribution in [0.25, 0.3) is 10.9 Å². The molecule has 0 fully saturated rings. The number of rotatable bonds is 8. The highest BCUT2D eigenvalue weighted by molar-refractivity contribution is 5.92. The average molecular weight is 394 g/mol. The third-order valence-electron chi connectivity index (χ3n) is 4.00. The number of hydrogen-bond acceptors (Lipinski definition) is 7. The topological polar surface area (TPSA) is 123 Å². The number of nitrogens with one attached hydrogen (secondary N) is 2. The standard InChI is InChI=1S/C20H18N4O5/c25-19(22-12-11-21-15-6-8-16(9-7-15)24(27)28)13-29-20(26)18-10-5-14-3-1-2-4-17(14)23-18/h1-10,21H,11-13H2,(H,22,25). The van der Waals surface area contributed by atoms with E-state index in [9.17, 15) is 19.7 Å². The first-order chi connectivity index (χ1) is 14.0. The Balaban J connectivity index is 1.39. The molecule has 2 aromatic carbocycles. The Morgan fingerprint density at radius 2 is 1.76 bits per heavy atom. The number of ether oxygens (including phenoxy) is 1. The van der Waals surface area contributed by atoms with Crippen LogP contribution < -0.4 is 10.6 Å². The molecule has 0 aliphatic heterocycles. The molecule has 29 heavy (non-hydrogen) atoms. The number of non-ortho nitro benzene ring substituents is 1. The fourth-order valence-electron chi connectivity index (χ4n) is 2.55. The Kier molecular flexibility index (Phi) is 6.31. The van der Waals surface area contributed by atoms with Crippen LogP contribution in [0.2, 0.25) is 0 Å². The van der Waals surface area contributed by atoms with Crippen molar-refractivity contribution in [2.24, 2.45) is 0 Å². The average Bonchev–Trinajstić information content (AvgIpc) is 2.75. The molecule has 0 spiro atoms. The normalized spacial score (nSPS) is 10.3. The molecule has 3 rings (SSSR count). The van der Waals surface area contributed by atoms with Gasteiger partial charge in [0.15, 0.2) is 6.61 Å². The number of nitro benzene ring substituents is 1. The van der Waals surface area contributed by atoms with E-state index in [1.807, 2.05) is 18.2 Å². The van der Waals surface area contributed by atoms with Gasteiger partial charge in [-0.3, -0.25) is 14.9 Å². The van der Waals surface area contributed by atoms with Crippen molar-refractivity contribution in [1.29, 1.82) is 0 Å². The highest BCUT2D eigenvalue weighted by Gasteiger charge is 2.12. The minimum atomic E-state index is -0.671. The van der Waals surface area contributed by atoms with Crippen LogP contribution in [0.1, 0.15) is 10.5 Å². The lowest BCUT2D eigenvalue weighted by atomic mass is 10.2. The van der Waals surface area contributed by atoms with E-state index < -0.39 is 23.4 Å². The van der Waals surface area contributed by atoms with Crippen molar-refractivity contribution < 1.29 is 19.2 Å². The molecule has 0 aliphatic rings. The summed E-state index contributed by atoms with van der Waals surface area (Å²) in [6.07, 6.45) is 0. The van der Waals surface area contributed by atoms with E-state index in [0.717, 1.165) is 5.39 Å². The fourth-order valence-corrected chi connectivity index (χ4v) is 2.55. The number of anilines is 1. The first kappa shape index (κ1) is 19.7. The van der Waals surface area contributed by atoms with Gasteiger partial charge in [0, 0.05) is 36.3 Å². The number of hydrogen-bond donors (Lipinski definition) is 2. The summed E-state index contributed by atoms with van der Waals surface area (Å²) in [6, 6.07) is 16.6. The molecule has 0 atom stereocenters. The van der Waals surface area contributed by atoms with Crippen LogP contribution in [0.15, 0.2) is 60.7 Å². The number of aromatic nitrogens is 1. The predicted octanol–water partition coefficient (Wildman–Crippen LogP) is 2.53. The molecular formula is C20H18N4O5. The summed E-state index contributed by atoms with van der Waals surface area (Å²) in [6.45, 7) is 0.288. The number of fused-ring (bicyclic) bond motifs is 1. The number of carbonyl (C=O) groups excluding carboxylic acids is 2. The summed E-state index contributed by atoms with van der Waals surface area (Å²) in [5.41, 5.74) is 1.50. The Morgan fingerprint density at radius 1 is 1.00 bits per heavy atom. The maximum Gasteiger partial charge on any atom is 0.357 e. The highest BCUT2D eigenvalue weighted by Crippen LogP contribution is 2.15. The Hall–Kier alpha value is -4.01. The van der Waals surface area contributed by atoms with E-state index in [1.54, 1.807) is 30.3 Å². The molecule has 3 aromatic rings. The molecule has 1 heterocycles. The SMILES string of the molecule is O=C(COC(=O)c1ccc2ccccc2n1)NCCNc1ccc([N+](=O)[O-])cc1. The van der Waals surface area contributed by atoms with E-state index in [1.165, 1.54) is 12.1 Å². The number of esters is 1. The van der Waals surface area contributed by atoms with E-state index in [-0.39, 0.29) is 11.4 Å². The van der Waals surface area contributed by atoms with Crippen molar-refractivity contribution in [1.82, 2.24) is 10.3 Å².